The number of rotatable bonds is 9. The van der Waals surface area contributed by atoms with Gasteiger partial charge in [0, 0.05) is 12.0 Å². The molecular weight excluding hydrogens is 412 g/mol. The number of methoxy groups -OCH3 is 2. The number of ether oxygens (including phenoxy) is 4. The molecule has 0 fully saturated rings. The summed E-state index contributed by atoms with van der Waals surface area (Å²) in [6.07, 6.45) is 3.60. The smallest absolute Gasteiger partial charge is 0.306 e. The van der Waals surface area contributed by atoms with E-state index in [0.717, 1.165) is 16.7 Å². The first kappa shape index (κ1) is 23.2. The van der Waals surface area contributed by atoms with Crippen LogP contribution in [0.3, 0.4) is 0 Å². The summed E-state index contributed by atoms with van der Waals surface area (Å²) in [7, 11) is 3.02. The molecule has 1 aliphatic rings. The molecule has 32 heavy (non-hydrogen) atoms. The maximum absolute atomic E-state index is 12.3. The van der Waals surface area contributed by atoms with Gasteiger partial charge < -0.3 is 24.1 Å². The zero-order valence-corrected chi connectivity index (χ0v) is 18.7. The van der Waals surface area contributed by atoms with Crippen LogP contribution in [0.1, 0.15) is 49.0 Å². The lowest BCUT2D eigenvalue weighted by atomic mass is 9.90. The predicted molar refractivity (Wildman–Crippen MR) is 119 cm³/mol. The summed E-state index contributed by atoms with van der Waals surface area (Å²) in [5.41, 5.74) is 2.33. The van der Waals surface area contributed by atoms with E-state index in [9.17, 15) is 14.7 Å². The number of hydrogen-bond acceptors (Lipinski definition) is 7. The molecule has 2 aromatic carbocycles. The quantitative estimate of drug-likeness (QED) is 0.350. The molecule has 0 spiro atoms. The Morgan fingerprint density at radius 1 is 1.16 bits per heavy atom. The van der Waals surface area contributed by atoms with E-state index in [1.54, 1.807) is 31.4 Å². The summed E-state index contributed by atoms with van der Waals surface area (Å²) in [5.74, 6) is 0.988. The SMILES string of the molecule is COc1cc([C@@H]2Oc3c(OC)cc(/C=C/C=O)cc3[C@H]2COC(=O)CC(C)C)ccc1O. The monoisotopic (exact) mass is 440 g/mol. The minimum atomic E-state index is -0.495. The van der Waals surface area contributed by atoms with E-state index in [1.807, 2.05) is 19.9 Å². The number of allylic oxidation sites excluding steroid dienone is 1. The standard InChI is InChI=1S/C25H28O7/c1-15(2)10-23(28)31-14-19-18-11-16(6-5-9-26)12-22(30-4)25(18)32-24(19)17-7-8-20(27)21(13-17)29-3/h5-9,11-13,15,19,24,27H,10,14H2,1-4H3/b6-5+/t19-,24+/m1/s1. The maximum Gasteiger partial charge on any atom is 0.306 e. The molecule has 0 radical (unpaired) electrons. The van der Waals surface area contributed by atoms with Crippen molar-refractivity contribution in [3.8, 4) is 23.0 Å². The van der Waals surface area contributed by atoms with E-state index in [-0.39, 0.29) is 30.2 Å². The fraction of sp³-hybridized carbons (Fsp3) is 0.360. The summed E-state index contributed by atoms with van der Waals surface area (Å²) >= 11 is 0. The van der Waals surface area contributed by atoms with Gasteiger partial charge in [-0.1, -0.05) is 26.0 Å². The minimum absolute atomic E-state index is 0.0190. The van der Waals surface area contributed by atoms with Gasteiger partial charge in [0.25, 0.3) is 0 Å². The molecule has 0 saturated carbocycles. The molecule has 1 heterocycles. The largest absolute Gasteiger partial charge is 0.504 e. The van der Waals surface area contributed by atoms with E-state index in [0.29, 0.717) is 30.0 Å². The van der Waals surface area contributed by atoms with Gasteiger partial charge in [0.2, 0.25) is 0 Å². The third kappa shape index (κ3) is 5.04. The minimum Gasteiger partial charge on any atom is -0.504 e. The number of fused-ring (bicyclic) bond motifs is 1. The lowest BCUT2D eigenvalue weighted by molar-refractivity contribution is -0.145. The van der Waals surface area contributed by atoms with Crippen LogP contribution in [0.25, 0.3) is 6.08 Å². The molecule has 7 heteroatoms. The number of aldehydes is 1. The molecule has 7 nitrogen and oxygen atoms in total. The van der Waals surface area contributed by atoms with Gasteiger partial charge in [0.1, 0.15) is 19.0 Å². The summed E-state index contributed by atoms with van der Waals surface area (Å²) < 4.78 is 22.7. The van der Waals surface area contributed by atoms with Crippen LogP contribution in [0, 0.1) is 5.92 Å². The van der Waals surface area contributed by atoms with Crippen LogP contribution < -0.4 is 14.2 Å². The number of aromatic hydroxyl groups is 1. The summed E-state index contributed by atoms with van der Waals surface area (Å²) in [4.78, 5) is 23.0. The van der Waals surface area contributed by atoms with Crippen LogP contribution >= 0.6 is 0 Å². The average Bonchev–Trinajstić information content (AvgIpc) is 3.14. The highest BCUT2D eigenvalue weighted by Crippen LogP contribution is 2.51. The Morgan fingerprint density at radius 3 is 2.56 bits per heavy atom. The third-order valence-electron chi connectivity index (χ3n) is 5.23. The van der Waals surface area contributed by atoms with Crippen molar-refractivity contribution >= 4 is 18.3 Å². The molecule has 1 aliphatic heterocycles. The first-order chi connectivity index (χ1) is 15.4. The van der Waals surface area contributed by atoms with Crippen molar-refractivity contribution in [2.45, 2.75) is 32.3 Å². The zero-order valence-electron chi connectivity index (χ0n) is 18.7. The van der Waals surface area contributed by atoms with Gasteiger partial charge in [-0.05, 0) is 47.4 Å². The highest BCUT2D eigenvalue weighted by Gasteiger charge is 2.39. The van der Waals surface area contributed by atoms with E-state index < -0.39 is 6.10 Å². The van der Waals surface area contributed by atoms with Gasteiger partial charge in [-0.3, -0.25) is 9.59 Å². The van der Waals surface area contributed by atoms with Crippen LogP contribution in [-0.4, -0.2) is 38.2 Å². The Bertz CT molecular complexity index is 1010. The van der Waals surface area contributed by atoms with Crippen molar-refractivity contribution in [3.05, 3.63) is 53.1 Å². The number of phenols is 1. The van der Waals surface area contributed by atoms with Gasteiger partial charge in [0.15, 0.2) is 23.0 Å². The lowest BCUT2D eigenvalue weighted by Crippen LogP contribution is -2.18. The Kier molecular flexibility index (Phi) is 7.41. The number of esters is 1. The molecule has 3 rings (SSSR count). The predicted octanol–water partition coefficient (Wildman–Crippen LogP) is 4.43. The second-order valence-corrected chi connectivity index (χ2v) is 7.99. The molecule has 1 N–H and O–H groups in total. The van der Waals surface area contributed by atoms with Crippen molar-refractivity contribution in [1.29, 1.82) is 0 Å². The molecule has 0 bridgehead atoms. The van der Waals surface area contributed by atoms with Gasteiger partial charge in [-0.2, -0.15) is 0 Å². The van der Waals surface area contributed by atoms with Crippen LogP contribution in [0.2, 0.25) is 0 Å². The average molecular weight is 440 g/mol. The van der Waals surface area contributed by atoms with Crippen molar-refractivity contribution in [2.75, 3.05) is 20.8 Å². The normalized spacial score (nSPS) is 17.2. The Labute approximate surface area is 187 Å². The molecule has 170 valence electrons. The maximum atomic E-state index is 12.3. The van der Waals surface area contributed by atoms with Crippen LogP contribution in [0.4, 0.5) is 0 Å². The van der Waals surface area contributed by atoms with Gasteiger partial charge in [-0.15, -0.1) is 0 Å². The summed E-state index contributed by atoms with van der Waals surface area (Å²) in [6.45, 7) is 4.02. The zero-order chi connectivity index (χ0) is 23.3. The van der Waals surface area contributed by atoms with Gasteiger partial charge >= 0.3 is 5.97 Å². The first-order valence-electron chi connectivity index (χ1n) is 10.4. The van der Waals surface area contributed by atoms with Crippen molar-refractivity contribution < 1.29 is 33.6 Å². The molecule has 0 unspecified atom stereocenters. The van der Waals surface area contributed by atoms with Gasteiger partial charge in [0.05, 0.1) is 20.1 Å². The van der Waals surface area contributed by atoms with Crippen molar-refractivity contribution in [2.24, 2.45) is 5.92 Å². The molecule has 0 amide bonds. The van der Waals surface area contributed by atoms with E-state index in [1.165, 1.54) is 19.3 Å². The lowest BCUT2D eigenvalue weighted by Gasteiger charge is -2.20. The fourth-order valence-electron chi connectivity index (χ4n) is 3.74. The first-order valence-corrected chi connectivity index (χ1v) is 10.4. The van der Waals surface area contributed by atoms with E-state index in [4.69, 9.17) is 18.9 Å². The molecule has 0 saturated heterocycles. The summed E-state index contributed by atoms with van der Waals surface area (Å²) in [6, 6.07) is 8.67. The Hall–Kier alpha value is -3.48. The van der Waals surface area contributed by atoms with E-state index in [2.05, 4.69) is 0 Å². The van der Waals surface area contributed by atoms with E-state index >= 15 is 0 Å². The van der Waals surface area contributed by atoms with Crippen LogP contribution in [-0.2, 0) is 14.3 Å². The molecular formula is C25H28O7. The molecule has 0 aliphatic carbocycles. The molecule has 2 atom stereocenters. The number of carbonyl (C=O) groups is 2. The molecule has 2 aromatic rings. The molecule has 0 aromatic heterocycles. The van der Waals surface area contributed by atoms with Crippen LogP contribution in [0.15, 0.2) is 36.4 Å². The summed E-state index contributed by atoms with van der Waals surface area (Å²) in [5, 5.41) is 9.99. The number of carbonyl (C=O) groups excluding carboxylic acids is 2. The van der Waals surface area contributed by atoms with Crippen molar-refractivity contribution in [3.63, 3.8) is 0 Å². The van der Waals surface area contributed by atoms with Crippen LogP contribution in [0.5, 0.6) is 23.0 Å². The number of phenolic OH excluding ortho intramolecular Hbond substituents is 1. The number of hydrogen-bond donors (Lipinski definition) is 1. The Morgan fingerprint density at radius 2 is 1.91 bits per heavy atom. The topological polar surface area (TPSA) is 91.3 Å². The fourth-order valence-corrected chi connectivity index (χ4v) is 3.74. The highest BCUT2D eigenvalue weighted by molar-refractivity contribution is 5.75. The highest BCUT2D eigenvalue weighted by atomic mass is 16.5. The Balaban J connectivity index is 2.02. The third-order valence-corrected chi connectivity index (χ3v) is 5.23. The second kappa shape index (κ2) is 10.2. The van der Waals surface area contributed by atoms with Gasteiger partial charge in [-0.25, -0.2) is 0 Å². The van der Waals surface area contributed by atoms with Crippen molar-refractivity contribution in [1.82, 2.24) is 0 Å². The number of benzene rings is 2. The second-order valence-electron chi connectivity index (χ2n) is 7.99.